The Bertz CT molecular complexity index is 1420. The molecular weight excluding hydrogens is 642 g/mol. The fourth-order valence-electron chi connectivity index (χ4n) is 4.44. The molecule has 12 nitrogen and oxygen atoms in total. The zero-order chi connectivity index (χ0) is 35.2. The summed E-state index contributed by atoms with van der Waals surface area (Å²) in [6.45, 7) is 7.41. The summed E-state index contributed by atoms with van der Waals surface area (Å²) in [6, 6.07) is 3.43. The maximum Gasteiger partial charge on any atom is 0.433 e. The van der Waals surface area contributed by atoms with Crippen molar-refractivity contribution in [3.63, 3.8) is 0 Å². The normalized spacial score (nSPS) is 16.5. The highest BCUT2D eigenvalue weighted by atomic mass is 19.4. The Labute approximate surface area is 266 Å². The molecular formula is C29H36F6N6O6. The molecule has 2 fully saturated rings. The minimum Gasteiger partial charge on any atom is -0.474 e. The van der Waals surface area contributed by atoms with Gasteiger partial charge in [0.25, 0.3) is 0 Å². The third kappa shape index (κ3) is 11.8. The summed E-state index contributed by atoms with van der Waals surface area (Å²) in [4.78, 5) is 42.7. The molecule has 0 radical (unpaired) electrons. The predicted molar refractivity (Wildman–Crippen MR) is 153 cm³/mol. The van der Waals surface area contributed by atoms with Crippen LogP contribution in [0.15, 0.2) is 24.3 Å². The highest BCUT2D eigenvalue weighted by Gasteiger charge is 2.36. The molecule has 0 atom stereocenters. The largest absolute Gasteiger partial charge is 0.474 e. The van der Waals surface area contributed by atoms with E-state index >= 15 is 0 Å². The first-order valence-electron chi connectivity index (χ1n) is 14.5. The summed E-state index contributed by atoms with van der Waals surface area (Å²) in [6.07, 6.45) is -8.37. The Morgan fingerprint density at radius 2 is 1.15 bits per heavy atom. The summed E-state index contributed by atoms with van der Waals surface area (Å²) in [5, 5.41) is 3.11. The first-order valence-corrected chi connectivity index (χ1v) is 14.5. The van der Waals surface area contributed by atoms with Crippen molar-refractivity contribution < 1.29 is 54.9 Å². The van der Waals surface area contributed by atoms with Gasteiger partial charge in [-0.15, -0.1) is 0 Å². The van der Waals surface area contributed by atoms with Gasteiger partial charge < -0.3 is 35.9 Å². The topological polar surface area (TPSA) is 172 Å². The van der Waals surface area contributed by atoms with E-state index in [4.69, 9.17) is 25.7 Å². The number of carbonyl (C=O) groups excluding carboxylic acids is 3. The molecule has 2 aliphatic rings. The van der Waals surface area contributed by atoms with Crippen LogP contribution in [0.2, 0.25) is 0 Å². The summed E-state index contributed by atoms with van der Waals surface area (Å²) in [5.41, 5.74) is 6.46. The van der Waals surface area contributed by atoms with Crippen molar-refractivity contribution >= 4 is 17.9 Å². The third-order valence-corrected chi connectivity index (χ3v) is 6.71. The minimum atomic E-state index is -4.73. The molecule has 2 aliphatic heterocycles. The highest BCUT2D eigenvalue weighted by Crippen LogP contribution is 2.32. The third-order valence-electron chi connectivity index (χ3n) is 6.71. The molecule has 0 aliphatic carbocycles. The van der Waals surface area contributed by atoms with Crippen LogP contribution in [0.3, 0.4) is 0 Å². The van der Waals surface area contributed by atoms with E-state index in [9.17, 15) is 40.7 Å². The lowest BCUT2D eigenvalue weighted by molar-refractivity contribution is -0.142. The Morgan fingerprint density at radius 1 is 0.745 bits per heavy atom. The summed E-state index contributed by atoms with van der Waals surface area (Å²) in [5.74, 6) is -2.50. The van der Waals surface area contributed by atoms with Crippen LogP contribution >= 0.6 is 0 Å². The molecule has 2 aromatic rings. The zero-order valence-corrected chi connectivity index (χ0v) is 25.8. The maximum atomic E-state index is 12.9. The number of hydrogen-bond acceptors (Lipinski definition) is 9. The quantitative estimate of drug-likeness (QED) is 0.377. The highest BCUT2D eigenvalue weighted by molar-refractivity contribution is 5.93. The van der Waals surface area contributed by atoms with Crippen LogP contribution < -0.4 is 26.3 Å². The maximum absolute atomic E-state index is 12.9. The van der Waals surface area contributed by atoms with E-state index in [2.05, 4.69) is 15.3 Å². The number of nitrogens with two attached hydrogens (primary N) is 2. The Kier molecular flexibility index (Phi) is 11.9. The zero-order valence-electron chi connectivity index (χ0n) is 25.8. The van der Waals surface area contributed by atoms with Gasteiger partial charge in [0, 0.05) is 49.2 Å². The number of nitrogens with one attached hydrogen (secondary N) is 1. The van der Waals surface area contributed by atoms with Crippen molar-refractivity contribution in [3.8, 4) is 11.8 Å². The van der Waals surface area contributed by atoms with Crippen molar-refractivity contribution in [1.82, 2.24) is 20.2 Å². The number of piperidine rings is 2. The van der Waals surface area contributed by atoms with Gasteiger partial charge in [0.15, 0.2) is 0 Å². The van der Waals surface area contributed by atoms with Crippen molar-refractivity contribution in [2.75, 3.05) is 26.2 Å². The van der Waals surface area contributed by atoms with E-state index in [1.807, 2.05) is 0 Å². The number of pyridine rings is 2. The predicted octanol–water partition coefficient (Wildman–Crippen LogP) is 4.31. The summed E-state index contributed by atoms with van der Waals surface area (Å²) in [7, 11) is 0. The average molecular weight is 679 g/mol. The van der Waals surface area contributed by atoms with Crippen molar-refractivity contribution in [2.24, 2.45) is 11.5 Å². The van der Waals surface area contributed by atoms with Gasteiger partial charge in [-0.1, -0.05) is 0 Å². The molecule has 18 heteroatoms. The second-order valence-electron chi connectivity index (χ2n) is 11.7. The van der Waals surface area contributed by atoms with Gasteiger partial charge in [-0.05, 0) is 58.8 Å². The van der Waals surface area contributed by atoms with Gasteiger partial charge in [-0.2, -0.15) is 26.3 Å². The van der Waals surface area contributed by atoms with Gasteiger partial charge in [0.1, 0.15) is 29.2 Å². The van der Waals surface area contributed by atoms with Gasteiger partial charge in [-0.3, -0.25) is 9.59 Å². The lowest BCUT2D eigenvalue weighted by Crippen LogP contribution is -2.44. The molecule has 3 amide bonds. The second-order valence-corrected chi connectivity index (χ2v) is 11.7. The van der Waals surface area contributed by atoms with Crippen LogP contribution in [-0.4, -0.2) is 76.8 Å². The monoisotopic (exact) mass is 678 g/mol. The first kappa shape index (κ1) is 37.1. The number of alkyl halides is 6. The molecule has 47 heavy (non-hydrogen) atoms. The number of carbonyl (C=O) groups is 3. The van der Waals surface area contributed by atoms with Gasteiger partial charge in [0.2, 0.25) is 23.6 Å². The smallest absolute Gasteiger partial charge is 0.433 e. The second kappa shape index (κ2) is 15.0. The van der Waals surface area contributed by atoms with Crippen LogP contribution in [-0.2, 0) is 17.1 Å². The van der Waals surface area contributed by atoms with E-state index in [1.54, 1.807) is 20.8 Å². The molecule has 0 spiro atoms. The van der Waals surface area contributed by atoms with Crippen LogP contribution in [0.25, 0.3) is 0 Å². The van der Waals surface area contributed by atoms with Crippen LogP contribution in [0, 0.1) is 0 Å². The molecule has 2 aromatic heterocycles. The number of hydrogen-bond donors (Lipinski definition) is 3. The Hall–Kier alpha value is -4.35. The molecule has 0 bridgehead atoms. The van der Waals surface area contributed by atoms with Crippen molar-refractivity contribution in [3.05, 3.63) is 46.8 Å². The number of nitrogens with zero attached hydrogens (tertiary/aromatic N) is 3. The molecule has 0 unspecified atom stereocenters. The molecule has 0 saturated carbocycles. The van der Waals surface area contributed by atoms with E-state index in [-0.39, 0.29) is 29.0 Å². The Balaban J connectivity index is 0.000000267. The lowest BCUT2D eigenvalue weighted by atomic mass is 10.1. The standard InChI is InChI=1S/C17H22F3N3O4.C12H14F3N3O2/c1-16(2,3)27-15(25)23-6-4-11(5-7-23)26-13-9-10(14(21)24)8-12(22-13)17(18,19)20;13-12(14,15)9-5-7(11(16)19)6-10(18-9)20-8-1-3-17-4-2-8/h8-9,11H,4-7H2,1-3H3,(H2,21,24);5-6,8,17H,1-4H2,(H2,16,19). The lowest BCUT2D eigenvalue weighted by Gasteiger charge is -2.33. The molecule has 2 saturated heterocycles. The molecule has 260 valence electrons. The molecule has 0 aromatic carbocycles. The minimum absolute atomic E-state index is 0.215. The Morgan fingerprint density at radius 3 is 1.51 bits per heavy atom. The van der Waals surface area contributed by atoms with Crippen LogP contribution in [0.4, 0.5) is 31.1 Å². The summed E-state index contributed by atoms with van der Waals surface area (Å²) >= 11 is 0. The number of amides is 3. The number of aromatic nitrogens is 2. The van der Waals surface area contributed by atoms with E-state index in [0.717, 1.165) is 25.2 Å². The first-order chi connectivity index (χ1) is 21.7. The fraction of sp³-hybridized carbons (Fsp3) is 0.552. The van der Waals surface area contributed by atoms with Crippen molar-refractivity contribution in [1.29, 1.82) is 0 Å². The average Bonchev–Trinajstić information content (AvgIpc) is 2.96. The van der Waals surface area contributed by atoms with Gasteiger partial charge in [-0.25, -0.2) is 14.8 Å². The van der Waals surface area contributed by atoms with E-state index in [1.165, 1.54) is 4.90 Å². The fourth-order valence-corrected chi connectivity index (χ4v) is 4.44. The number of likely N-dealkylation sites (tertiary alicyclic amines) is 1. The molecule has 4 heterocycles. The number of rotatable bonds is 6. The van der Waals surface area contributed by atoms with Crippen molar-refractivity contribution in [2.45, 2.75) is 76.6 Å². The number of ether oxygens (including phenoxy) is 3. The van der Waals surface area contributed by atoms with Gasteiger partial charge >= 0.3 is 18.4 Å². The molecule has 5 N–H and O–H groups in total. The van der Waals surface area contributed by atoms with Gasteiger partial charge in [0.05, 0.1) is 0 Å². The van der Waals surface area contributed by atoms with Crippen LogP contribution in [0.5, 0.6) is 11.8 Å². The van der Waals surface area contributed by atoms with E-state index in [0.29, 0.717) is 50.9 Å². The summed E-state index contributed by atoms with van der Waals surface area (Å²) < 4.78 is 93.2. The molecule has 4 rings (SSSR count). The SMILES string of the molecule is CC(C)(C)OC(=O)N1CCC(Oc2cc(C(N)=O)cc(C(F)(F)F)n2)CC1.NC(=O)c1cc(OC2CCNCC2)nc(C(F)(F)F)c1. The number of primary amides is 2. The van der Waals surface area contributed by atoms with Crippen LogP contribution in [0.1, 0.15) is 78.6 Å². The van der Waals surface area contributed by atoms with E-state index < -0.39 is 53.4 Å². The number of halogens is 6.